The number of rotatable bonds is 18. The molecule has 11 heteroatoms. The molecule has 0 amide bonds. The van der Waals surface area contributed by atoms with Gasteiger partial charge in [0, 0.05) is 52.4 Å². The highest BCUT2D eigenvalue weighted by Gasteiger charge is 2.17. The number of carboxylic acids is 3. The predicted molar refractivity (Wildman–Crippen MR) is 109 cm³/mol. The molecule has 0 aliphatic carbocycles. The molecule has 11 nitrogen and oxygen atoms in total. The van der Waals surface area contributed by atoms with Crippen LogP contribution in [0.4, 0.5) is 0 Å². The van der Waals surface area contributed by atoms with Gasteiger partial charge in [0.25, 0.3) is 0 Å². The maximum atomic E-state index is 11.2. The second kappa shape index (κ2) is 15.1. The average Bonchev–Trinajstić information content (AvgIpc) is 2.57. The molecule has 0 saturated heterocycles. The van der Waals surface area contributed by atoms with E-state index in [0.717, 1.165) is 0 Å². The molecule has 0 fully saturated rings. The van der Waals surface area contributed by atoms with Crippen molar-refractivity contribution < 1.29 is 29.7 Å². The third-order valence-electron chi connectivity index (χ3n) is 4.27. The Morgan fingerprint density at radius 2 is 0.690 bits per heavy atom. The topological polar surface area (TPSA) is 128 Å². The summed E-state index contributed by atoms with van der Waals surface area (Å²) in [6.45, 7) is 3.75. The van der Waals surface area contributed by atoms with Crippen LogP contribution in [0, 0.1) is 0 Å². The molecular formula is C18H37N5O6. The van der Waals surface area contributed by atoms with E-state index in [1.165, 1.54) is 0 Å². The molecule has 29 heavy (non-hydrogen) atoms. The summed E-state index contributed by atoms with van der Waals surface area (Å²) in [5.74, 6) is -2.82. The molecule has 0 heterocycles. The van der Waals surface area contributed by atoms with Gasteiger partial charge in [-0.05, 0) is 28.2 Å². The van der Waals surface area contributed by atoms with Gasteiger partial charge >= 0.3 is 17.9 Å². The number of hydrogen-bond donors (Lipinski definition) is 3. The van der Waals surface area contributed by atoms with Crippen LogP contribution in [0.2, 0.25) is 0 Å². The van der Waals surface area contributed by atoms with Crippen LogP contribution in [-0.4, -0.2) is 158 Å². The molecule has 0 atom stereocenters. The summed E-state index contributed by atoms with van der Waals surface area (Å²) in [7, 11) is 7.61. The molecule has 0 rings (SSSR count). The molecule has 170 valence electrons. The number of hydrogen-bond acceptors (Lipinski definition) is 8. The van der Waals surface area contributed by atoms with E-state index in [-0.39, 0.29) is 19.6 Å². The fraction of sp³-hybridized carbons (Fsp3) is 0.833. The van der Waals surface area contributed by atoms with Gasteiger partial charge in [0.1, 0.15) is 0 Å². The highest BCUT2D eigenvalue weighted by molar-refractivity contribution is 5.69. The Bertz CT molecular complexity index is 467. The Balaban J connectivity index is 4.82. The third kappa shape index (κ3) is 16.8. The van der Waals surface area contributed by atoms with Gasteiger partial charge in [-0.15, -0.1) is 0 Å². The summed E-state index contributed by atoms with van der Waals surface area (Å²) in [4.78, 5) is 42.6. The predicted octanol–water partition coefficient (Wildman–Crippen LogP) is -1.73. The minimum atomic E-state index is -0.971. The van der Waals surface area contributed by atoms with Crippen molar-refractivity contribution in [2.24, 2.45) is 0 Å². The van der Waals surface area contributed by atoms with Gasteiger partial charge in [0.05, 0.1) is 19.6 Å². The maximum absolute atomic E-state index is 11.2. The minimum absolute atomic E-state index is 0.108. The van der Waals surface area contributed by atoms with E-state index in [4.69, 9.17) is 10.2 Å². The Labute approximate surface area is 173 Å². The Kier molecular flexibility index (Phi) is 14.2. The van der Waals surface area contributed by atoms with E-state index < -0.39 is 17.9 Å². The van der Waals surface area contributed by atoms with Gasteiger partial charge in [-0.1, -0.05) is 0 Å². The maximum Gasteiger partial charge on any atom is 0.317 e. The van der Waals surface area contributed by atoms with Crippen molar-refractivity contribution in [3.05, 3.63) is 0 Å². The van der Waals surface area contributed by atoms with E-state index in [0.29, 0.717) is 52.4 Å². The lowest BCUT2D eigenvalue weighted by molar-refractivity contribution is -0.140. The van der Waals surface area contributed by atoms with Gasteiger partial charge in [-0.3, -0.25) is 29.1 Å². The molecule has 0 aliphatic heterocycles. The highest BCUT2D eigenvalue weighted by atomic mass is 16.4. The van der Waals surface area contributed by atoms with E-state index in [2.05, 4.69) is 0 Å². The Hall–Kier alpha value is -1.79. The zero-order chi connectivity index (χ0) is 22.4. The van der Waals surface area contributed by atoms with Gasteiger partial charge in [0.15, 0.2) is 0 Å². The summed E-state index contributed by atoms with van der Waals surface area (Å²) in [6, 6.07) is 0. The van der Waals surface area contributed by atoms with Crippen molar-refractivity contribution in [1.29, 1.82) is 0 Å². The number of nitrogens with zero attached hydrogens (tertiary/aromatic N) is 5. The molecule has 0 aromatic heterocycles. The van der Waals surface area contributed by atoms with E-state index in [1.54, 1.807) is 14.7 Å². The van der Waals surface area contributed by atoms with Crippen LogP contribution in [0.1, 0.15) is 0 Å². The first-order valence-electron chi connectivity index (χ1n) is 9.61. The normalized spacial score (nSPS) is 11.9. The van der Waals surface area contributed by atoms with Gasteiger partial charge in [0.2, 0.25) is 0 Å². The average molecular weight is 420 g/mol. The second-order valence-electron chi connectivity index (χ2n) is 7.62. The Morgan fingerprint density at radius 1 is 0.483 bits per heavy atom. The number of aliphatic carboxylic acids is 3. The monoisotopic (exact) mass is 419 g/mol. The highest BCUT2D eigenvalue weighted by Crippen LogP contribution is 1.97. The summed E-state index contributed by atoms with van der Waals surface area (Å²) in [6.07, 6.45) is 0. The SMILES string of the molecule is CN(C)CCN(CCN(CCN(CCN(C)C)CC(=O)O)CC(=O)O)CC(=O)O. The Morgan fingerprint density at radius 3 is 0.862 bits per heavy atom. The van der Waals surface area contributed by atoms with Crippen molar-refractivity contribution in [2.45, 2.75) is 0 Å². The van der Waals surface area contributed by atoms with Crippen LogP contribution in [0.25, 0.3) is 0 Å². The smallest absolute Gasteiger partial charge is 0.317 e. The summed E-state index contributed by atoms with van der Waals surface area (Å²) >= 11 is 0. The van der Waals surface area contributed by atoms with Gasteiger partial charge in [-0.2, -0.15) is 0 Å². The molecular weight excluding hydrogens is 382 g/mol. The van der Waals surface area contributed by atoms with Crippen LogP contribution in [-0.2, 0) is 14.4 Å². The molecule has 3 N–H and O–H groups in total. The van der Waals surface area contributed by atoms with Crippen LogP contribution in [0.15, 0.2) is 0 Å². The van der Waals surface area contributed by atoms with Crippen molar-refractivity contribution in [1.82, 2.24) is 24.5 Å². The van der Waals surface area contributed by atoms with E-state index >= 15 is 0 Å². The summed E-state index contributed by atoms with van der Waals surface area (Å²) in [5.41, 5.74) is 0. The molecule has 0 aromatic carbocycles. The molecule has 0 aromatic rings. The lowest BCUT2D eigenvalue weighted by Crippen LogP contribution is -2.45. The first-order valence-corrected chi connectivity index (χ1v) is 9.61. The summed E-state index contributed by atoms with van der Waals surface area (Å²) in [5, 5.41) is 27.4. The third-order valence-corrected chi connectivity index (χ3v) is 4.27. The van der Waals surface area contributed by atoms with Crippen LogP contribution < -0.4 is 0 Å². The summed E-state index contributed by atoms with van der Waals surface area (Å²) < 4.78 is 0. The van der Waals surface area contributed by atoms with Crippen molar-refractivity contribution >= 4 is 17.9 Å². The first kappa shape index (κ1) is 27.2. The van der Waals surface area contributed by atoms with Crippen LogP contribution >= 0.6 is 0 Å². The number of carbonyl (C=O) groups is 3. The molecule has 0 spiro atoms. The zero-order valence-electron chi connectivity index (χ0n) is 18.1. The largest absolute Gasteiger partial charge is 0.480 e. The van der Waals surface area contributed by atoms with E-state index in [9.17, 15) is 19.5 Å². The lowest BCUT2D eigenvalue weighted by Gasteiger charge is -2.29. The molecule has 0 radical (unpaired) electrons. The van der Waals surface area contributed by atoms with Crippen molar-refractivity contribution in [2.75, 3.05) is 100 Å². The van der Waals surface area contributed by atoms with Gasteiger partial charge in [-0.25, -0.2) is 0 Å². The van der Waals surface area contributed by atoms with Gasteiger partial charge < -0.3 is 25.1 Å². The van der Waals surface area contributed by atoms with Crippen LogP contribution in [0.5, 0.6) is 0 Å². The lowest BCUT2D eigenvalue weighted by atomic mass is 10.3. The zero-order valence-corrected chi connectivity index (χ0v) is 18.1. The first-order chi connectivity index (χ1) is 13.5. The van der Waals surface area contributed by atoms with E-state index in [1.807, 2.05) is 38.0 Å². The van der Waals surface area contributed by atoms with Crippen molar-refractivity contribution in [3.63, 3.8) is 0 Å². The molecule has 0 unspecified atom stereocenters. The molecule has 0 saturated carbocycles. The second-order valence-corrected chi connectivity index (χ2v) is 7.62. The minimum Gasteiger partial charge on any atom is -0.480 e. The number of carboxylic acid groups (broad SMARTS) is 3. The number of likely N-dealkylation sites (N-methyl/N-ethyl adjacent to an activating group) is 2. The fourth-order valence-electron chi connectivity index (χ4n) is 2.63. The fourth-order valence-corrected chi connectivity index (χ4v) is 2.63. The molecule has 0 aliphatic rings. The molecule has 0 bridgehead atoms. The quantitative estimate of drug-likeness (QED) is 0.234. The van der Waals surface area contributed by atoms with Crippen molar-refractivity contribution in [3.8, 4) is 0 Å². The van der Waals surface area contributed by atoms with Crippen LogP contribution in [0.3, 0.4) is 0 Å². The standard InChI is InChI=1S/C18H37N5O6/c1-19(2)5-7-21(13-16(24)25)9-11-23(15-18(28)29)12-10-22(14-17(26)27)8-6-20(3)4/h5-15H2,1-4H3,(H,24,25)(H,26,27)(H,28,29).